The summed E-state index contributed by atoms with van der Waals surface area (Å²) in [6.07, 6.45) is 5.50. The molecule has 2 bridgehead atoms. The van der Waals surface area contributed by atoms with E-state index in [-0.39, 0.29) is 6.04 Å². The highest BCUT2D eigenvalue weighted by Crippen LogP contribution is 2.34. The Hall–Kier alpha value is -1.66. The molecule has 4 heterocycles. The van der Waals surface area contributed by atoms with Gasteiger partial charge in [-0.15, -0.1) is 0 Å². The topological polar surface area (TPSA) is 79.8 Å². The first-order valence-corrected chi connectivity index (χ1v) is 7.56. The van der Waals surface area contributed by atoms with Crippen molar-refractivity contribution in [2.45, 2.75) is 43.8 Å². The van der Waals surface area contributed by atoms with Gasteiger partial charge in [-0.2, -0.15) is 0 Å². The van der Waals surface area contributed by atoms with Crippen LogP contribution in [0.25, 0.3) is 11.2 Å². The number of H-pyrrole nitrogens is 1. The maximum Gasteiger partial charge on any atom is 0.318 e. The molecule has 0 aromatic carbocycles. The minimum atomic E-state index is -0.613. The third kappa shape index (κ3) is 2.10. The number of aromatic amines is 1. The molecule has 0 radical (unpaired) electrons. The molecule has 2 N–H and O–H groups in total. The lowest BCUT2D eigenvalue weighted by Gasteiger charge is -2.30. The Kier molecular flexibility index (Phi) is 2.90. The first kappa shape index (κ1) is 13.0. The van der Waals surface area contributed by atoms with Crippen LogP contribution in [-0.4, -0.2) is 26.6 Å². The second-order valence-corrected chi connectivity index (χ2v) is 6.35. The number of hydrogen-bond acceptors (Lipinski definition) is 4. The van der Waals surface area contributed by atoms with E-state index in [0.717, 1.165) is 25.7 Å². The van der Waals surface area contributed by atoms with Crippen molar-refractivity contribution in [3.63, 3.8) is 0 Å². The lowest BCUT2D eigenvalue weighted by atomic mass is 9.99. The van der Waals surface area contributed by atoms with Crippen molar-refractivity contribution in [1.82, 2.24) is 19.9 Å². The molecule has 0 saturated carbocycles. The van der Waals surface area contributed by atoms with E-state index in [1.807, 2.05) is 0 Å². The Morgan fingerprint density at radius 2 is 1.95 bits per heavy atom. The average Bonchev–Trinajstić information content (AvgIpc) is 2.79. The second-order valence-electron chi connectivity index (χ2n) is 5.92. The van der Waals surface area contributed by atoms with Gasteiger partial charge in [0.2, 0.25) is 0 Å². The molecule has 6 nitrogen and oxygen atoms in total. The van der Waals surface area contributed by atoms with Crippen LogP contribution in [0.4, 0.5) is 0 Å². The number of nitrogens with zero attached hydrogens (tertiary/aromatic N) is 2. The van der Waals surface area contributed by atoms with Gasteiger partial charge in [-0.3, -0.25) is 14.2 Å². The van der Waals surface area contributed by atoms with Crippen LogP contribution < -0.4 is 16.4 Å². The largest absolute Gasteiger partial charge is 0.318 e. The van der Waals surface area contributed by atoms with Crippen LogP contribution in [0.1, 0.15) is 31.7 Å². The van der Waals surface area contributed by atoms with E-state index in [2.05, 4.69) is 15.3 Å². The number of nitrogens with one attached hydrogen (secondary N) is 2. The summed E-state index contributed by atoms with van der Waals surface area (Å²) in [7, 11) is 0. The minimum absolute atomic E-state index is 0.0229. The number of halogens is 1. The second kappa shape index (κ2) is 4.68. The first-order valence-electron chi connectivity index (χ1n) is 7.18. The zero-order valence-electron chi connectivity index (χ0n) is 11.3. The van der Waals surface area contributed by atoms with Gasteiger partial charge in [-0.1, -0.05) is 11.6 Å². The van der Waals surface area contributed by atoms with Gasteiger partial charge in [0, 0.05) is 24.3 Å². The fourth-order valence-electron chi connectivity index (χ4n) is 3.67. The maximum atomic E-state index is 12.3. The minimum Gasteiger partial charge on any atom is -0.315 e. The van der Waals surface area contributed by atoms with Gasteiger partial charge in [0.1, 0.15) is 0 Å². The van der Waals surface area contributed by atoms with Crippen LogP contribution >= 0.6 is 11.6 Å². The van der Waals surface area contributed by atoms with Gasteiger partial charge in [-0.25, -0.2) is 4.98 Å². The van der Waals surface area contributed by atoms with E-state index >= 15 is 0 Å². The zero-order chi connectivity index (χ0) is 14.6. The molecular formula is C14H15ClN4O2. The van der Waals surface area contributed by atoms with Gasteiger partial charge < -0.3 is 10.3 Å². The summed E-state index contributed by atoms with van der Waals surface area (Å²) in [5, 5.41) is 3.98. The smallest absolute Gasteiger partial charge is 0.315 e. The van der Waals surface area contributed by atoms with Crippen molar-refractivity contribution in [2.75, 3.05) is 0 Å². The molecule has 2 fully saturated rings. The lowest BCUT2D eigenvalue weighted by molar-refractivity contribution is 0.297. The van der Waals surface area contributed by atoms with E-state index < -0.39 is 11.1 Å². The van der Waals surface area contributed by atoms with Crippen LogP contribution in [0.5, 0.6) is 0 Å². The van der Waals surface area contributed by atoms with Crippen molar-refractivity contribution >= 4 is 22.8 Å². The monoisotopic (exact) mass is 306 g/mol. The van der Waals surface area contributed by atoms with Crippen LogP contribution in [0, 0.1) is 0 Å². The molecule has 0 amide bonds. The van der Waals surface area contributed by atoms with Crippen LogP contribution in [-0.2, 0) is 0 Å². The van der Waals surface area contributed by atoms with E-state index in [4.69, 9.17) is 11.6 Å². The van der Waals surface area contributed by atoms with Gasteiger partial charge in [0.25, 0.3) is 0 Å². The number of fused-ring (bicyclic) bond motifs is 3. The zero-order valence-corrected chi connectivity index (χ0v) is 12.1. The van der Waals surface area contributed by atoms with E-state index in [9.17, 15) is 9.59 Å². The molecule has 2 aliphatic rings. The quantitative estimate of drug-likeness (QED) is 0.776. The molecule has 7 heteroatoms. The first-order chi connectivity index (χ1) is 10.1. The molecular weight excluding hydrogens is 292 g/mol. The average molecular weight is 307 g/mol. The predicted molar refractivity (Wildman–Crippen MR) is 79.9 cm³/mol. The van der Waals surface area contributed by atoms with E-state index in [0.29, 0.717) is 28.3 Å². The summed E-state index contributed by atoms with van der Waals surface area (Å²) < 4.78 is 1.57. The van der Waals surface area contributed by atoms with Crippen molar-refractivity contribution in [2.24, 2.45) is 0 Å². The maximum absolute atomic E-state index is 12.3. The number of hydrogen-bond donors (Lipinski definition) is 2. The molecule has 4 rings (SSSR count). The summed E-state index contributed by atoms with van der Waals surface area (Å²) in [5.74, 6) is 0. The van der Waals surface area contributed by atoms with Gasteiger partial charge in [0.15, 0.2) is 5.65 Å². The van der Waals surface area contributed by atoms with Crippen LogP contribution in [0.15, 0.2) is 21.9 Å². The Balaban J connectivity index is 1.93. The Morgan fingerprint density at radius 3 is 2.67 bits per heavy atom. The molecule has 2 aliphatic heterocycles. The van der Waals surface area contributed by atoms with Crippen LogP contribution in [0.2, 0.25) is 5.02 Å². The molecule has 110 valence electrons. The predicted octanol–water partition coefficient (Wildman–Crippen LogP) is 1.19. The van der Waals surface area contributed by atoms with Gasteiger partial charge in [-0.05, 0) is 31.7 Å². The summed E-state index contributed by atoms with van der Waals surface area (Å²) >= 11 is 5.92. The standard InChI is InChI=1S/C14H15ClN4O2/c15-7-3-11-12(16-6-7)19(14(21)13(20)18-11)10-4-8-1-2-9(5-10)17-8/h3,6,8-10,17H,1-2,4-5H2,(H,18,20)/t8-,9+,10?. The molecule has 0 aliphatic carbocycles. The number of pyridine rings is 1. The van der Waals surface area contributed by atoms with E-state index in [1.165, 1.54) is 6.20 Å². The van der Waals surface area contributed by atoms with Crippen LogP contribution in [0.3, 0.4) is 0 Å². The molecule has 0 spiro atoms. The fraction of sp³-hybridized carbons (Fsp3) is 0.500. The fourth-order valence-corrected chi connectivity index (χ4v) is 3.83. The van der Waals surface area contributed by atoms with Gasteiger partial charge in [0.05, 0.1) is 10.5 Å². The van der Waals surface area contributed by atoms with Gasteiger partial charge >= 0.3 is 11.1 Å². The Morgan fingerprint density at radius 1 is 1.24 bits per heavy atom. The van der Waals surface area contributed by atoms with E-state index in [1.54, 1.807) is 10.6 Å². The summed E-state index contributed by atoms with van der Waals surface area (Å²) in [6.45, 7) is 0. The Labute approximate surface area is 125 Å². The SMILES string of the molecule is O=c1[nH]c2cc(Cl)cnc2n(C2C[C@H]3CC[C@@H](C2)N3)c1=O. The third-order valence-electron chi connectivity index (χ3n) is 4.54. The molecule has 3 atom stereocenters. The summed E-state index contributed by atoms with van der Waals surface area (Å²) in [4.78, 5) is 31.1. The summed E-state index contributed by atoms with van der Waals surface area (Å²) in [5.41, 5.74) is -0.116. The normalized spacial score (nSPS) is 28.1. The van der Waals surface area contributed by atoms with Crippen molar-refractivity contribution < 1.29 is 0 Å². The Bertz CT molecular complexity index is 816. The number of aromatic nitrogens is 3. The highest BCUT2D eigenvalue weighted by atomic mass is 35.5. The molecule has 21 heavy (non-hydrogen) atoms. The molecule has 2 saturated heterocycles. The molecule has 2 aromatic heterocycles. The van der Waals surface area contributed by atoms with Crippen molar-refractivity contribution in [1.29, 1.82) is 0 Å². The molecule has 1 unspecified atom stereocenters. The third-order valence-corrected chi connectivity index (χ3v) is 4.74. The number of piperidine rings is 1. The highest BCUT2D eigenvalue weighted by Gasteiger charge is 2.35. The molecule has 2 aromatic rings. The van der Waals surface area contributed by atoms with Crippen molar-refractivity contribution in [3.05, 3.63) is 38.0 Å². The van der Waals surface area contributed by atoms with Crippen molar-refractivity contribution in [3.8, 4) is 0 Å². The number of rotatable bonds is 1. The summed E-state index contributed by atoms with van der Waals surface area (Å²) in [6, 6.07) is 2.52. The lowest BCUT2D eigenvalue weighted by Crippen LogP contribution is -2.45. The highest BCUT2D eigenvalue weighted by molar-refractivity contribution is 6.30.